The Bertz CT molecular complexity index is 770. The lowest BCUT2D eigenvalue weighted by atomic mass is 9.81. The average molecular weight is 419 g/mol. The number of hydrogen-bond acceptors (Lipinski definition) is 3. The molecule has 138 valence electrons. The van der Waals surface area contributed by atoms with Crippen LogP contribution >= 0.6 is 15.9 Å². The van der Waals surface area contributed by atoms with E-state index in [0.29, 0.717) is 17.5 Å². The van der Waals surface area contributed by atoms with Crippen molar-refractivity contribution in [3.63, 3.8) is 0 Å². The summed E-state index contributed by atoms with van der Waals surface area (Å²) in [7, 11) is 0. The van der Waals surface area contributed by atoms with Gasteiger partial charge in [-0.15, -0.1) is 0 Å². The Kier molecular flexibility index (Phi) is 4.21. The fourth-order valence-electron chi connectivity index (χ4n) is 5.20. The number of fused-ring (bicyclic) bond motifs is 5. The number of amides is 3. The van der Waals surface area contributed by atoms with Crippen LogP contribution in [0.15, 0.2) is 16.6 Å². The van der Waals surface area contributed by atoms with Crippen molar-refractivity contribution in [1.29, 1.82) is 0 Å². The van der Waals surface area contributed by atoms with Crippen molar-refractivity contribution in [2.75, 3.05) is 5.32 Å². The van der Waals surface area contributed by atoms with E-state index in [4.69, 9.17) is 0 Å². The molecule has 5 atom stereocenters. The fourth-order valence-corrected chi connectivity index (χ4v) is 5.42. The molecule has 1 N–H and O–H groups in total. The van der Waals surface area contributed by atoms with Crippen molar-refractivity contribution in [3.8, 4) is 0 Å². The zero-order valence-corrected chi connectivity index (χ0v) is 16.8. The molecule has 0 radical (unpaired) electrons. The van der Waals surface area contributed by atoms with Crippen molar-refractivity contribution in [2.24, 2.45) is 23.7 Å². The molecule has 0 aromatic heterocycles. The Morgan fingerprint density at radius 3 is 2.12 bits per heavy atom. The van der Waals surface area contributed by atoms with Gasteiger partial charge < -0.3 is 5.32 Å². The van der Waals surface area contributed by atoms with Gasteiger partial charge in [-0.1, -0.05) is 15.9 Å². The molecule has 26 heavy (non-hydrogen) atoms. The lowest BCUT2D eigenvalue weighted by Crippen LogP contribution is -2.46. The normalized spacial score (nSPS) is 30.7. The molecular weight excluding hydrogens is 396 g/mol. The summed E-state index contributed by atoms with van der Waals surface area (Å²) >= 11 is 3.51. The van der Waals surface area contributed by atoms with Gasteiger partial charge in [0.15, 0.2) is 0 Å². The number of anilines is 1. The number of nitrogens with zero attached hydrogens (tertiary/aromatic N) is 1. The van der Waals surface area contributed by atoms with Crippen LogP contribution in [0.1, 0.15) is 37.3 Å². The third-order valence-corrected chi connectivity index (χ3v) is 7.68. The van der Waals surface area contributed by atoms with E-state index in [2.05, 4.69) is 21.2 Å². The number of imide groups is 1. The standard InChI is InChI=1S/C20H23BrN2O3/c1-9-6-14(7-10(2)17(9)21)22-18(24)11(3)23-19(25)15-12-4-5-13(8-12)16(15)20(23)26/h6-7,11-13,15-16H,4-5,8H2,1-3H3,(H,22,24)/t11-,12-,13+,15-,16-/m0/s1. The Hall–Kier alpha value is -1.69. The summed E-state index contributed by atoms with van der Waals surface area (Å²) in [5.74, 6) is -0.310. The molecular formula is C20H23BrN2O3. The van der Waals surface area contributed by atoms with Gasteiger partial charge in [0.05, 0.1) is 11.8 Å². The highest BCUT2D eigenvalue weighted by Crippen LogP contribution is 2.56. The van der Waals surface area contributed by atoms with Crippen LogP contribution in [0.25, 0.3) is 0 Å². The molecule has 2 saturated carbocycles. The third-order valence-electron chi connectivity index (χ3n) is 6.43. The zero-order chi connectivity index (χ0) is 18.7. The highest BCUT2D eigenvalue weighted by molar-refractivity contribution is 9.10. The fraction of sp³-hybridized carbons (Fsp3) is 0.550. The Morgan fingerprint density at radius 2 is 1.62 bits per heavy atom. The van der Waals surface area contributed by atoms with E-state index < -0.39 is 6.04 Å². The van der Waals surface area contributed by atoms with E-state index in [1.807, 2.05) is 26.0 Å². The minimum atomic E-state index is -0.788. The van der Waals surface area contributed by atoms with Crippen LogP contribution in [0.4, 0.5) is 5.69 Å². The predicted molar refractivity (Wildman–Crippen MR) is 101 cm³/mol. The van der Waals surface area contributed by atoms with Gasteiger partial charge in [-0.05, 0) is 75.1 Å². The van der Waals surface area contributed by atoms with E-state index in [0.717, 1.165) is 34.9 Å². The molecule has 1 aliphatic heterocycles. The highest BCUT2D eigenvalue weighted by Gasteiger charge is 2.62. The molecule has 1 heterocycles. The van der Waals surface area contributed by atoms with Crippen molar-refractivity contribution in [1.82, 2.24) is 4.90 Å². The van der Waals surface area contributed by atoms with E-state index in [1.54, 1.807) is 6.92 Å². The summed E-state index contributed by atoms with van der Waals surface area (Å²) < 4.78 is 1.01. The predicted octanol–water partition coefficient (Wildman–Crippen LogP) is 3.42. The van der Waals surface area contributed by atoms with Gasteiger partial charge in [0.2, 0.25) is 17.7 Å². The molecule has 3 fully saturated rings. The first-order chi connectivity index (χ1) is 12.3. The number of carbonyl (C=O) groups excluding carboxylic acids is 3. The molecule has 2 bridgehead atoms. The summed E-state index contributed by atoms with van der Waals surface area (Å²) in [4.78, 5) is 39.7. The summed E-state index contributed by atoms with van der Waals surface area (Å²) in [6.45, 7) is 5.56. The average Bonchev–Trinajstić information content (AvgIpc) is 3.26. The van der Waals surface area contributed by atoms with Crippen LogP contribution in [-0.4, -0.2) is 28.7 Å². The Morgan fingerprint density at radius 1 is 1.12 bits per heavy atom. The van der Waals surface area contributed by atoms with Gasteiger partial charge >= 0.3 is 0 Å². The van der Waals surface area contributed by atoms with Gasteiger partial charge in [-0.3, -0.25) is 19.3 Å². The molecule has 1 saturated heterocycles. The second-order valence-corrected chi connectivity index (χ2v) is 8.81. The van der Waals surface area contributed by atoms with E-state index >= 15 is 0 Å². The third kappa shape index (κ3) is 2.53. The van der Waals surface area contributed by atoms with Crippen molar-refractivity contribution >= 4 is 39.3 Å². The second-order valence-electron chi connectivity index (χ2n) is 8.02. The molecule has 1 aromatic carbocycles. The minimum Gasteiger partial charge on any atom is -0.324 e. The minimum absolute atomic E-state index is 0.141. The largest absolute Gasteiger partial charge is 0.324 e. The van der Waals surface area contributed by atoms with E-state index in [9.17, 15) is 14.4 Å². The molecule has 3 amide bonds. The lowest BCUT2D eigenvalue weighted by molar-refractivity contribution is -0.146. The van der Waals surface area contributed by atoms with Gasteiger partial charge in [-0.2, -0.15) is 0 Å². The number of nitrogens with one attached hydrogen (secondary N) is 1. The van der Waals surface area contributed by atoms with Crippen LogP contribution in [0, 0.1) is 37.5 Å². The number of rotatable bonds is 3. The van der Waals surface area contributed by atoms with Crippen LogP contribution in [0.5, 0.6) is 0 Å². The van der Waals surface area contributed by atoms with Crippen molar-refractivity contribution in [2.45, 2.75) is 46.1 Å². The number of likely N-dealkylation sites (tertiary alicyclic amines) is 1. The lowest BCUT2D eigenvalue weighted by Gasteiger charge is -2.24. The monoisotopic (exact) mass is 418 g/mol. The molecule has 3 aliphatic rings. The van der Waals surface area contributed by atoms with Crippen LogP contribution in [0.3, 0.4) is 0 Å². The first kappa shape index (κ1) is 17.7. The second kappa shape index (κ2) is 6.19. The first-order valence-electron chi connectivity index (χ1n) is 9.24. The maximum atomic E-state index is 12.9. The van der Waals surface area contributed by atoms with Gasteiger partial charge in [0, 0.05) is 10.2 Å². The van der Waals surface area contributed by atoms with Gasteiger partial charge in [0.1, 0.15) is 6.04 Å². The van der Waals surface area contributed by atoms with E-state index in [1.165, 1.54) is 4.90 Å². The summed E-state index contributed by atoms with van der Waals surface area (Å²) in [6.07, 6.45) is 3.08. The summed E-state index contributed by atoms with van der Waals surface area (Å²) in [5.41, 5.74) is 2.72. The highest BCUT2D eigenvalue weighted by atomic mass is 79.9. The van der Waals surface area contributed by atoms with Crippen LogP contribution < -0.4 is 5.32 Å². The number of hydrogen-bond donors (Lipinski definition) is 1. The molecule has 5 nitrogen and oxygen atoms in total. The molecule has 0 spiro atoms. The molecule has 6 heteroatoms. The quantitative estimate of drug-likeness (QED) is 0.764. The molecule has 2 aliphatic carbocycles. The summed E-state index contributed by atoms with van der Waals surface area (Å²) in [5, 5.41) is 2.87. The topological polar surface area (TPSA) is 66.5 Å². The zero-order valence-electron chi connectivity index (χ0n) is 15.2. The molecule has 4 rings (SSSR count). The SMILES string of the molecule is Cc1cc(NC(=O)[C@H](C)N2C(=O)[C@H]3[C@@H]4CC[C@@H](C4)[C@@H]3C2=O)cc(C)c1Br. The van der Waals surface area contributed by atoms with E-state index in [-0.39, 0.29) is 29.6 Å². The Balaban J connectivity index is 1.52. The van der Waals surface area contributed by atoms with Gasteiger partial charge in [0.25, 0.3) is 0 Å². The van der Waals surface area contributed by atoms with Crippen molar-refractivity contribution < 1.29 is 14.4 Å². The smallest absolute Gasteiger partial charge is 0.247 e. The number of halogens is 1. The maximum absolute atomic E-state index is 12.9. The summed E-state index contributed by atoms with van der Waals surface area (Å²) in [6, 6.07) is 2.97. The maximum Gasteiger partial charge on any atom is 0.247 e. The Labute approximate surface area is 161 Å². The van der Waals surface area contributed by atoms with Crippen LogP contribution in [0.2, 0.25) is 0 Å². The number of benzene rings is 1. The van der Waals surface area contributed by atoms with Crippen LogP contribution in [-0.2, 0) is 14.4 Å². The number of carbonyl (C=O) groups is 3. The van der Waals surface area contributed by atoms with Crippen molar-refractivity contribution in [3.05, 3.63) is 27.7 Å². The molecule has 0 unspecified atom stereocenters. The van der Waals surface area contributed by atoms with Gasteiger partial charge in [-0.25, -0.2) is 0 Å². The number of aryl methyl sites for hydroxylation is 2. The first-order valence-corrected chi connectivity index (χ1v) is 10.0. The molecule has 1 aromatic rings.